The molecule has 0 fully saturated rings. The lowest BCUT2D eigenvalue weighted by Gasteiger charge is -2.25. The van der Waals surface area contributed by atoms with E-state index in [0.717, 1.165) is 49.9 Å². The van der Waals surface area contributed by atoms with Crippen LogP contribution in [-0.4, -0.2) is 9.97 Å². The second-order valence-electron chi connectivity index (χ2n) is 10.7. The van der Waals surface area contributed by atoms with Crippen molar-refractivity contribution in [1.29, 1.82) is 0 Å². The quantitative estimate of drug-likeness (QED) is 0.196. The lowest BCUT2D eigenvalue weighted by molar-refractivity contribution is 1.23. The molecule has 0 aliphatic carbocycles. The maximum Gasteiger partial charge on any atom is 0.160 e. The number of hydrogen-bond acceptors (Lipinski definition) is 4. The SMILES string of the molecule is c1ccc(-c2ccc(N(c3ccccc3)c3ccc(-c4nc(-c5ccccc5)c5sc6ccccc6c5n4)cc3)cc2)cc1. The van der Waals surface area contributed by atoms with E-state index in [9.17, 15) is 0 Å². The average Bonchev–Trinajstić information content (AvgIpc) is 3.49. The van der Waals surface area contributed by atoms with E-state index in [-0.39, 0.29) is 0 Å². The Bertz CT molecular complexity index is 2190. The van der Waals surface area contributed by atoms with Crippen molar-refractivity contribution in [3.05, 3.63) is 164 Å². The van der Waals surface area contributed by atoms with Crippen LogP contribution in [-0.2, 0) is 0 Å². The van der Waals surface area contributed by atoms with Crippen molar-refractivity contribution in [2.45, 2.75) is 0 Å². The maximum absolute atomic E-state index is 5.15. The van der Waals surface area contributed by atoms with E-state index in [0.29, 0.717) is 0 Å². The highest BCUT2D eigenvalue weighted by molar-refractivity contribution is 7.26. The number of aromatic nitrogens is 2. The molecule has 0 bridgehead atoms. The predicted octanol–water partition coefficient (Wildman–Crippen LogP) is 11.3. The summed E-state index contributed by atoms with van der Waals surface area (Å²) in [5.41, 5.74) is 9.72. The van der Waals surface area contributed by atoms with Gasteiger partial charge in [-0.15, -0.1) is 11.3 Å². The zero-order valence-electron chi connectivity index (χ0n) is 23.8. The third-order valence-corrected chi connectivity index (χ3v) is 9.06. The van der Waals surface area contributed by atoms with Gasteiger partial charge in [0.25, 0.3) is 0 Å². The average molecular weight is 582 g/mol. The molecule has 0 atom stereocenters. The van der Waals surface area contributed by atoms with Crippen LogP contribution in [0.15, 0.2) is 164 Å². The lowest BCUT2D eigenvalue weighted by Crippen LogP contribution is -2.09. The Kier molecular flexibility index (Phi) is 6.67. The second kappa shape index (κ2) is 11.3. The highest BCUT2D eigenvalue weighted by atomic mass is 32.1. The lowest BCUT2D eigenvalue weighted by atomic mass is 10.0. The molecule has 2 heterocycles. The first-order valence-electron chi connectivity index (χ1n) is 14.7. The number of para-hydroxylation sites is 1. The van der Waals surface area contributed by atoms with Crippen LogP contribution in [0.25, 0.3) is 54.1 Å². The number of rotatable bonds is 6. The van der Waals surface area contributed by atoms with Gasteiger partial charge >= 0.3 is 0 Å². The highest BCUT2D eigenvalue weighted by Gasteiger charge is 2.17. The highest BCUT2D eigenvalue weighted by Crippen LogP contribution is 2.40. The molecule has 44 heavy (non-hydrogen) atoms. The summed E-state index contributed by atoms with van der Waals surface area (Å²) in [6, 6.07) is 57.2. The fraction of sp³-hybridized carbons (Fsp3) is 0. The van der Waals surface area contributed by atoms with Gasteiger partial charge in [0.05, 0.1) is 15.9 Å². The van der Waals surface area contributed by atoms with E-state index < -0.39 is 0 Å². The van der Waals surface area contributed by atoms with Crippen molar-refractivity contribution in [2.75, 3.05) is 4.90 Å². The van der Waals surface area contributed by atoms with Crippen LogP contribution >= 0.6 is 11.3 Å². The van der Waals surface area contributed by atoms with Gasteiger partial charge in [0.2, 0.25) is 0 Å². The zero-order valence-corrected chi connectivity index (χ0v) is 24.7. The largest absolute Gasteiger partial charge is 0.311 e. The summed E-state index contributed by atoms with van der Waals surface area (Å²) in [5.74, 6) is 0.727. The van der Waals surface area contributed by atoms with Crippen LogP contribution in [0.2, 0.25) is 0 Å². The standard InChI is InChI=1S/C40H27N3S/c1-4-12-28(13-5-1)29-20-24-33(25-21-29)43(32-16-8-3-9-17-32)34-26-22-31(23-27-34)40-41-37(30-14-6-2-7-15-30)39-38(42-40)35-18-10-11-19-36(35)44-39/h1-27H. The van der Waals surface area contributed by atoms with Crippen molar-refractivity contribution in [3.63, 3.8) is 0 Å². The molecule has 0 radical (unpaired) electrons. The van der Waals surface area contributed by atoms with Crippen molar-refractivity contribution in [1.82, 2.24) is 9.97 Å². The number of thiophene rings is 1. The topological polar surface area (TPSA) is 29.0 Å². The molecule has 0 amide bonds. The van der Waals surface area contributed by atoms with Crippen LogP contribution in [0, 0.1) is 0 Å². The Morgan fingerprint density at radius 2 is 0.909 bits per heavy atom. The molecule has 0 saturated carbocycles. The zero-order chi connectivity index (χ0) is 29.3. The molecule has 0 aliphatic heterocycles. The number of fused-ring (bicyclic) bond motifs is 3. The second-order valence-corrected chi connectivity index (χ2v) is 11.7. The van der Waals surface area contributed by atoms with Gasteiger partial charge in [-0.25, -0.2) is 9.97 Å². The maximum atomic E-state index is 5.15. The molecule has 6 aromatic carbocycles. The molecule has 0 spiro atoms. The Morgan fingerprint density at radius 3 is 1.57 bits per heavy atom. The fourth-order valence-electron chi connectivity index (χ4n) is 5.73. The molecule has 3 nitrogen and oxygen atoms in total. The van der Waals surface area contributed by atoms with Crippen molar-refractivity contribution in [2.24, 2.45) is 0 Å². The van der Waals surface area contributed by atoms with Gasteiger partial charge < -0.3 is 4.90 Å². The first-order chi connectivity index (χ1) is 21.8. The van der Waals surface area contributed by atoms with Gasteiger partial charge in [0, 0.05) is 38.3 Å². The van der Waals surface area contributed by atoms with E-state index in [2.05, 4.69) is 157 Å². The van der Waals surface area contributed by atoms with E-state index in [1.54, 1.807) is 11.3 Å². The molecule has 4 heteroatoms. The molecule has 2 aromatic heterocycles. The summed E-state index contributed by atoms with van der Waals surface area (Å²) >= 11 is 1.76. The summed E-state index contributed by atoms with van der Waals surface area (Å²) < 4.78 is 2.34. The Labute approximate surface area is 260 Å². The predicted molar refractivity (Wildman–Crippen MR) is 186 cm³/mol. The van der Waals surface area contributed by atoms with Crippen LogP contribution in [0.3, 0.4) is 0 Å². The first kappa shape index (κ1) is 26.1. The van der Waals surface area contributed by atoms with Crippen LogP contribution in [0.1, 0.15) is 0 Å². The summed E-state index contributed by atoms with van der Waals surface area (Å²) in [5, 5.41) is 1.17. The molecular formula is C40H27N3S. The number of anilines is 3. The van der Waals surface area contributed by atoms with Crippen LogP contribution in [0.4, 0.5) is 17.1 Å². The van der Waals surface area contributed by atoms with E-state index in [1.807, 2.05) is 12.1 Å². The van der Waals surface area contributed by atoms with Crippen molar-refractivity contribution < 1.29 is 0 Å². The molecule has 0 N–H and O–H groups in total. The number of hydrogen-bond donors (Lipinski definition) is 0. The first-order valence-corrected chi connectivity index (χ1v) is 15.5. The van der Waals surface area contributed by atoms with Gasteiger partial charge in [0.1, 0.15) is 0 Å². The number of benzene rings is 6. The summed E-state index contributed by atoms with van der Waals surface area (Å²) in [7, 11) is 0. The summed E-state index contributed by atoms with van der Waals surface area (Å²) in [4.78, 5) is 12.6. The van der Waals surface area contributed by atoms with Gasteiger partial charge in [-0.1, -0.05) is 109 Å². The summed E-state index contributed by atoms with van der Waals surface area (Å²) in [6.45, 7) is 0. The minimum absolute atomic E-state index is 0.727. The minimum Gasteiger partial charge on any atom is -0.311 e. The molecular weight excluding hydrogens is 555 g/mol. The Morgan fingerprint density at radius 1 is 0.409 bits per heavy atom. The van der Waals surface area contributed by atoms with Gasteiger partial charge in [-0.3, -0.25) is 0 Å². The molecule has 8 rings (SSSR count). The minimum atomic E-state index is 0.727. The van der Waals surface area contributed by atoms with Crippen LogP contribution in [0.5, 0.6) is 0 Å². The van der Waals surface area contributed by atoms with E-state index in [4.69, 9.17) is 9.97 Å². The molecule has 8 aromatic rings. The Balaban J connectivity index is 1.22. The van der Waals surface area contributed by atoms with Gasteiger partial charge in [0.15, 0.2) is 5.82 Å². The van der Waals surface area contributed by atoms with Crippen molar-refractivity contribution in [3.8, 4) is 33.8 Å². The molecule has 208 valence electrons. The van der Waals surface area contributed by atoms with Gasteiger partial charge in [-0.2, -0.15) is 0 Å². The fourth-order valence-corrected chi connectivity index (χ4v) is 6.88. The molecule has 0 aliphatic rings. The van der Waals surface area contributed by atoms with Crippen molar-refractivity contribution >= 4 is 48.7 Å². The third-order valence-electron chi connectivity index (χ3n) is 7.90. The molecule has 0 unspecified atom stereocenters. The van der Waals surface area contributed by atoms with E-state index >= 15 is 0 Å². The normalized spacial score (nSPS) is 11.2. The van der Waals surface area contributed by atoms with E-state index in [1.165, 1.54) is 21.2 Å². The Hall–Kier alpha value is -5.58. The third kappa shape index (κ3) is 4.81. The van der Waals surface area contributed by atoms with Gasteiger partial charge in [-0.05, 0) is 65.7 Å². The summed E-state index contributed by atoms with van der Waals surface area (Å²) in [6.07, 6.45) is 0. The smallest absolute Gasteiger partial charge is 0.160 e. The number of nitrogens with zero attached hydrogens (tertiary/aromatic N) is 3. The van der Waals surface area contributed by atoms with Crippen LogP contribution < -0.4 is 4.90 Å². The monoisotopic (exact) mass is 581 g/mol. The molecule has 0 saturated heterocycles.